The van der Waals surface area contributed by atoms with Crippen LogP contribution in [0.15, 0.2) is 35.4 Å². The second-order valence-corrected chi connectivity index (χ2v) is 8.49. The summed E-state index contributed by atoms with van der Waals surface area (Å²) in [6.07, 6.45) is 0. The van der Waals surface area contributed by atoms with Crippen LogP contribution >= 0.6 is 0 Å². The van der Waals surface area contributed by atoms with Crippen molar-refractivity contribution in [1.29, 1.82) is 0 Å². The first kappa shape index (κ1) is 19.4. The minimum Gasteiger partial charge on any atom is -0.461 e. The molecule has 27 heavy (non-hydrogen) atoms. The highest BCUT2D eigenvalue weighted by Crippen LogP contribution is 2.24. The molecule has 8 nitrogen and oxygen atoms in total. The molecule has 1 aromatic carbocycles. The Morgan fingerprint density at radius 1 is 1.33 bits per heavy atom. The van der Waals surface area contributed by atoms with Crippen LogP contribution in [0.3, 0.4) is 0 Å². The monoisotopic (exact) mass is 392 g/mol. The van der Waals surface area contributed by atoms with E-state index in [1.54, 1.807) is 6.92 Å². The van der Waals surface area contributed by atoms with Gasteiger partial charge in [-0.3, -0.25) is 5.10 Å². The number of piperazine rings is 1. The number of hydrogen-bond donors (Lipinski definition) is 1. The van der Waals surface area contributed by atoms with Crippen molar-refractivity contribution in [1.82, 2.24) is 14.5 Å². The third-order valence-electron chi connectivity index (χ3n) is 4.58. The molecule has 0 aliphatic carbocycles. The Balaban J connectivity index is 1.75. The van der Waals surface area contributed by atoms with E-state index in [0.29, 0.717) is 19.6 Å². The highest BCUT2D eigenvalue weighted by Gasteiger charge is 2.34. The highest BCUT2D eigenvalue weighted by molar-refractivity contribution is 7.89. The maximum atomic E-state index is 12.9. The maximum Gasteiger partial charge on any atom is 0.358 e. The van der Waals surface area contributed by atoms with Gasteiger partial charge in [0.05, 0.1) is 6.61 Å². The van der Waals surface area contributed by atoms with Gasteiger partial charge < -0.3 is 9.64 Å². The van der Waals surface area contributed by atoms with Gasteiger partial charge in [-0.05, 0) is 38.5 Å². The van der Waals surface area contributed by atoms with E-state index in [1.807, 2.05) is 32.0 Å². The van der Waals surface area contributed by atoms with Crippen molar-refractivity contribution in [2.75, 3.05) is 31.1 Å². The fraction of sp³-hybridized carbons (Fsp3) is 0.444. The summed E-state index contributed by atoms with van der Waals surface area (Å²) in [4.78, 5) is 13.9. The predicted molar refractivity (Wildman–Crippen MR) is 101 cm³/mol. The minimum absolute atomic E-state index is 0.0165. The molecule has 0 saturated carbocycles. The number of sulfonamides is 1. The summed E-state index contributed by atoms with van der Waals surface area (Å²) in [5.41, 5.74) is 2.21. The van der Waals surface area contributed by atoms with Crippen molar-refractivity contribution in [3.05, 3.63) is 41.6 Å². The molecule has 1 aromatic heterocycles. The molecule has 1 aliphatic heterocycles. The number of hydrogen-bond acceptors (Lipinski definition) is 6. The lowest BCUT2D eigenvalue weighted by Crippen LogP contribution is -2.53. The maximum absolute atomic E-state index is 12.9. The number of nitrogens with one attached hydrogen (secondary N) is 1. The van der Waals surface area contributed by atoms with Crippen LogP contribution in [0.25, 0.3) is 0 Å². The largest absolute Gasteiger partial charge is 0.461 e. The van der Waals surface area contributed by atoms with Crippen molar-refractivity contribution in [3.8, 4) is 0 Å². The first-order valence-corrected chi connectivity index (χ1v) is 10.3. The first-order valence-electron chi connectivity index (χ1n) is 8.89. The number of anilines is 1. The number of ether oxygens (including phenoxy) is 1. The molecular weight excluding hydrogens is 368 g/mol. The van der Waals surface area contributed by atoms with Gasteiger partial charge in [-0.1, -0.05) is 12.1 Å². The summed E-state index contributed by atoms with van der Waals surface area (Å²) in [6, 6.07) is 9.42. The third-order valence-corrected chi connectivity index (χ3v) is 6.36. The first-order chi connectivity index (χ1) is 12.8. The third kappa shape index (κ3) is 3.98. The molecule has 1 N–H and O–H groups in total. The summed E-state index contributed by atoms with van der Waals surface area (Å²) < 4.78 is 32.1. The van der Waals surface area contributed by atoms with Crippen LogP contribution in [0.5, 0.6) is 0 Å². The van der Waals surface area contributed by atoms with Crippen LogP contribution in [-0.4, -0.2) is 61.2 Å². The predicted octanol–water partition coefficient (Wildman–Crippen LogP) is 1.79. The van der Waals surface area contributed by atoms with E-state index < -0.39 is 16.0 Å². The fourth-order valence-corrected chi connectivity index (χ4v) is 4.65. The van der Waals surface area contributed by atoms with E-state index >= 15 is 0 Å². The SMILES string of the molecule is CCOC(=O)c1cc(S(=O)(=O)N2CCN(c3cccc(C)c3)[C@@H](C)C2)[nH]n1. The van der Waals surface area contributed by atoms with Crippen LogP contribution in [0.4, 0.5) is 5.69 Å². The number of carbonyl (C=O) groups excluding carboxylic acids is 1. The molecule has 1 atom stereocenters. The topological polar surface area (TPSA) is 95.6 Å². The van der Waals surface area contributed by atoms with Gasteiger partial charge in [-0.25, -0.2) is 13.2 Å². The summed E-state index contributed by atoms with van der Waals surface area (Å²) in [6.45, 7) is 7.21. The van der Waals surface area contributed by atoms with E-state index in [-0.39, 0.29) is 23.4 Å². The lowest BCUT2D eigenvalue weighted by atomic mass is 10.1. The number of benzene rings is 1. The highest BCUT2D eigenvalue weighted by atomic mass is 32.2. The smallest absolute Gasteiger partial charge is 0.358 e. The molecule has 3 rings (SSSR count). The van der Waals surface area contributed by atoms with Crippen molar-refractivity contribution in [3.63, 3.8) is 0 Å². The molecule has 1 fully saturated rings. The van der Waals surface area contributed by atoms with E-state index in [4.69, 9.17) is 4.74 Å². The number of carbonyl (C=O) groups is 1. The molecule has 9 heteroatoms. The Morgan fingerprint density at radius 3 is 2.78 bits per heavy atom. The lowest BCUT2D eigenvalue weighted by Gasteiger charge is -2.40. The average Bonchev–Trinajstić information content (AvgIpc) is 3.13. The molecule has 0 spiro atoms. The molecule has 0 bridgehead atoms. The standard InChI is InChI=1S/C18H24N4O4S/c1-4-26-18(23)16-11-17(20-19-16)27(24,25)21-8-9-22(14(3)12-21)15-7-5-6-13(2)10-15/h5-7,10-11,14H,4,8-9,12H2,1-3H3,(H,19,20)/t14-/m0/s1. The molecule has 0 amide bonds. The fourth-order valence-electron chi connectivity index (χ4n) is 3.22. The molecule has 1 saturated heterocycles. The number of aromatic amines is 1. The van der Waals surface area contributed by atoms with Gasteiger partial charge in [-0.15, -0.1) is 0 Å². The van der Waals surface area contributed by atoms with Crippen LogP contribution < -0.4 is 4.90 Å². The van der Waals surface area contributed by atoms with Crippen molar-refractivity contribution in [2.45, 2.75) is 31.8 Å². The Kier molecular flexibility index (Phi) is 5.52. The minimum atomic E-state index is -3.76. The van der Waals surface area contributed by atoms with E-state index in [2.05, 4.69) is 21.2 Å². The summed E-state index contributed by atoms with van der Waals surface area (Å²) in [5, 5.41) is 6.13. The van der Waals surface area contributed by atoms with Gasteiger partial charge in [-0.2, -0.15) is 9.40 Å². The Morgan fingerprint density at radius 2 is 2.11 bits per heavy atom. The number of esters is 1. The van der Waals surface area contributed by atoms with Crippen molar-refractivity contribution >= 4 is 21.7 Å². The molecule has 2 aromatic rings. The molecule has 0 unspecified atom stereocenters. The molecule has 0 radical (unpaired) electrons. The van der Waals surface area contributed by atoms with Gasteiger partial charge in [0.15, 0.2) is 10.7 Å². The number of rotatable bonds is 5. The van der Waals surface area contributed by atoms with Gasteiger partial charge in [0.2, 0.25) is 0 Å². The lowest BCUT2D eigenvalue weighted by molar-refractivity contribution is 0.0519. The quantitative estimate of drug-likeness (QED) is 0.780. The van der Waals surface area contributed by atoms with Crippen LogP contribution in [0, 0.1) is 6.92 Å². The zero-order chi connectivity index (χ0) is 19.6. The molecular formula is C18H24N4O4S. The second kappa shape index (κ2) is 7.69. The summed E-state index contributed by atoms with van der Waals surface area (Å²) >= 11 is 0. The van der Waals surface area contributed by atoms with E-state index in [0.717, 1.165) is 5.69 Å². The Labute approximate surface area is 159 Å². The summed E-state index contributed by atoms with van der Waals surface area (Å²) in [5.74, 6) is -0.646. The number of nitrogens with zero attached hydrogens (tertiary/aromatic N) is 3. The summed E-state index contributed by atoms with van der Waals surface area (Å²) in [7, 11) is -3.76. The van der Waals surface area contributed by atoms with E-state index in [1.165, 1.54) is 15.9 Å². The number of H-pyrrole nitrogens is 1. The Hall–Kier alpha value is -2.39. The second-order valence-electron chi connectivity index (χ2n) is 6.58. The van der Waals surface area contributed by atoms with Gasteiger partial charge >= 0.3 is 5.97 Å². The van der Waals surface area contributed by atoms with Gasteiger partial charge in [0.1, 0.15) is 0 Å². The normalized spacial score (nSPS) is 18.5. The van der Waals surface area contributed by atoms with Crippen molar-refractivity contribution in [2.24, 2.45) is 0 Å². The van der Waals surface area contributed by atoms with Gasteiger partial charge in [0.25, 0.3) is 10.0 Å². The van der Waals surface area contributed by atoms with Crippen LogP contribution in [0.1, 0.15) is 29.9 Å². The zero-order valence-corrected chi connectivity index (χ0v) is 16.5. The average molecular weight is 392 g/mol. The van der Waals surface area contributed by atoms with Crippen molar-refractivity contribution < 1.29 is 17.9 Å². The molecule has 2 heterocycles. The molecule has 146 valence electrons. The zero-order valence-electron chi connectivity index (χ0n) is 15.7. The number of aromatic nitrogens is 2. The van der Waals surface area contributed by atoms with Crippen LogP contribution in [-0.2, 0) is 14.8 Å². The van der Waals surface area contributed by atoms with Crippen LogP contribution in [0.2, 0.25) is 0 Å². The van der Waals surface area contributed by atoms with Gasteiger partial charge in [0, 0.05) is 37.4 Å². The van der Waals surface area contributed by atoms with E-state index in [9.17, 15) is 13.2 Å². The molecule has 1 aliphatic rings. The number of aryl methyl sites for hydroxylation is 1. The Bertz CT molecular complexity index is 925.